The Bertz CT molecular complexity index is 3190. The largest absolute Gasteiger partial charge is 0.309 e. The number of para-hydroxylation sites is 2. The lowest BCUT2D eigenvalue weighted by molar-refractivity contribution is 1.17. The van der Waals surface area contributed by atoms with Crippen molar-refractivity contribution in [3.05, 3.63) is 191 Å². The van der Waals surface area contributed by atoms with E-state index in [0.717, 1.165) is 55.0 Å². The third-order valence-corrected chi connectivity index (χ3v) is 11.8. The molecular formula is C54H38N4. The molecule has 8 aromatic carbocycles. The molecule has 0 saturated heterocycles. The summed E-state index contributed by atoms with van der Waals surface area (Å²) < 4.78 is 4.55. The summed E-state index contributed by atoms with van der Waals surface area (Å²) in [7, 11) is 0. The predicted molar refractivity (Wildman–Crippen MR) is 240 cm³/mol. The van der Waals surface area contributed by atoms with Crippen LogP contribution in [0.2, 0.25) is 0 Å². The number of nitriles is 2. The fourth-order valence-corrected chi connectivity index (χ4v) is 9.10. The first kappa shape index (κ1) is 34.8. The highest BCUT2D eigenvalue weighted by Crippen LogP contribution is 2.40. The summed E-state index contributed by atoms with van der Waals surface area (Å²) in [6.07, 6.45) is 0. The average Bonchev–Trinajstić information content (AvgIpc) is 3.75. The van der Waals surface area contributed by atoms with E-state index in [1.807, 2.05) is 24.3 Å². The van der Waals surface area contributed by atoms with E-state index in [-0.39, 0.29) is 0 Å². The molecule has 0 bridgehead atoms. The zero-order valence-electron chi connectivity index (χ0n) is 32.8. The first-order valence-electron chi connectivity index (χ1n) is 19.6. The molecule has 0 unspecified atom stereocenters. The van der Waals surface area contributed by atoms with Gasteiger partial charge in [-0.2, -0.15) is 10.5 Å². The molecule has 10 aromatic rings. The van der Waals surface area contributed by atoms with Crippen LogP contribution in [0.15, 0.2) is 158 Å². The number of fused-ring (bicyclic) bond motifs is 6. The van der Waals surface area contributed by atoms with Crippen LogP contribution in [0.4, 0.5) is 0 Å². The molecule has 0 spiro atoms. The Labute approximate surface area is 337 Å². The number of aromatic nitrogens is 2. The first-order chi connectivity index (χ1) is 28.3. The van der Waals surface area contributed by atoms with E-state index in [4.69, 9.17) is 0 Å². The highest BCUT2D eigenvalue weighted by Gasteiger charge is 2.20. The van der Waals surface area contributed by atoms with Gasteiger partial charge in [-0.05, 0) is 134 Å². The van der Waals surface area contributed by atoms with Crippen LogP contribution in [0.5, 0.6) is 0 Å². The van der Waals surface area contributed by atoms with Gasteiger partial charge in [0.05, 0.1) is 45.3 Å². The van der Waals surface area contributed by atoms with Crippen molar-refractivity contribution in [2.24, 2.45) is 0 Å². The van der Waals surface area contributed by atoms with Crippen LogP contribution in [0.25, 0.3) is 88.4 Å². The zero-order chi connectivity index (χ0) is 39.7. The Balaban J connectivity index is 1.15. The van der Waals surface area contributed by atoms with Gasteiger partial charge in [-0.3, -0.25) is 0 Å². The quantitative estimate of drug-likeness (QED) is 0.176. The normalized spacial score (nSPS) is 11.4. The molecule has 0 saturated carbocycles. The molecule has 2 aromatic heterocycles. The molecule has 58 heavy (non-hydrogen) atoms. The van der Waals surface area contributed by atoms with Crippen molar-refractivity contribution in [1.29, 1.82) is 10.5 Å². The van der Waals surface area contributed by atoms with E-state index >= 15 is 0 Å². The van der Waals surface area contributed by atoms with Crippen molar-refractivity contribution in [2.75, 3.05) is 0 Å². The molecule has 0 atom stereocenters. The standard InChI is InChI=1S/C54H38N4/c1-33-13-21-43(35(3)25-33)37-17-23-53-49(27-37)45-9-5-7-11-51(45)57(53)41-19-15-39(31-55)47(29-41)48-30-42(20-16-40(48)32-56)58-52-12-8-6-10-46(52)50-28-38(18-24-54(50)58)44-22-14-34(2)26-36(44)4/h5-30H,1-4H3. The number of benzene rings is 8. The Morgan fingerprint density at radius 2 is 0.776 bits per heavy atom. The fourth-order valence-electron chi connectivity index (χ4n) is 9.10. The van der Waals surface area contributed by atoms with E-state index in [9.17, 15) is 10.5 Å². The van der Waals surface area contributed by atoms with Gasteiger partial charge in [0, 0.05) is 44.0 Å². The molecule has 274 valence electrons. The second-order valence-corrected chi connectivity index (χ2v) is 15.5. The monoisotopic (exact) mass is 742 g/mol. The summed E-state index contributed by atoms with van der Waals surface area (Å²) in [5.74, 6) is 0. The number of rotatable bonds is 5. The van der Waals surface area contributed by atoms with E-state index < -0.39 is 0 Å². The molecule has 0 amide bonds. The maximum absolute atomic E-state index is 10.5. The maximum atomic E-state index is 10.5. The van der Waals surface area contributed by atoms with Crippen molar-refractivity contribution in [2.45, 2.75) is 27.7 Å². The van der Waals surface area contributed by atoms with E-state index in [1.165, 1.54) is 44.5 Å². The van der Waals surface area contributed by atoms with Gasteiger partial charge in [0.25, 0.3) is 0 Å². The Morgan fingerprint density at radius 1 is 0.362 bits per heavy atom. The van der Waals surface area contributed by atoms with Crippen molar-refractivity contribution in [1.82, 2.24) is 9.13 Å². The smallest absolute Gasteiger partial charge is 0.0998 e. The molecule has 0 aliphatic rings. The van der Waals surface area contributed by atoms with Crippen LogP contribution in [-0.2, 0) is 0 Å². The minimum atomic E-state index is 0.510. The zero-order valence-corrected chi connectivity index (χ0v) is 32.8. The minimum absolute atomic E-state index is 0.510. The van der Waals surface area contributed by atoms with Crippen LogP contribution in [0.3, 0.4) is 0 Å². The van der Waals surface area contributed by atoms with Gasteiger partial charge in [0.15, 0.2) is 0 Å². The van der Waals surface area contributed by atoms with Crippen LogP contribution >= 0.6 is 0 Å². The van der Waals surface area contributed by atoms with Crippen molar-refractivity contribution in [3.63, 3.8) is 0 Å². The van der Waals surface area contributed by atoms with Gasteiger partial charge in [0.1, 0.15) is 0 Å². The molecule has 0 radical (unpaired) electrons. The molecule has 0 aliphatic carbocycles. The van der Waals surface area contributed by atoms with Gasteiger partial charge in [-0.25, -0.2) is 0 Å². The number of hydrogen-bond donors (Lipinski definition) is 0. The highest BCUT2D eigenvalue weighted by atomic mass is 15.0. The van der Waals surface area contributed by atoms with Gasteiger partial charge >= 0.3 is 0 Å². The van der Waals surface area contributed by atoms with E-state index in [0.29, 0.717) is 22.3 Å². The number of nitrogens with zero attached hydrogens (tertiary/aromatic N) is 4. The van der Waals surface area contributed by atoms with Crippen LogP contribution < -0.4 is 0 Å². The third kappa shape index (κ3) is 5.50. The molecule has 0 N–H and O–H groups in total. The number of hydrogen-bond acceptors (Lipinski definition) is 2. The van der Waals surface area contributed by atoms with Crippen LogP contribution in [0, 0.1) is 50.4 Å². The van der Waals surface area contributed by atoms with Gasteiger partial charge in [-0.15, -0.1) is 0 Å². The first-order valence-corrected chi connectivity index (χ1v) is 19.6. The summed E-state index contributed by atoms with van der Waals surface area (Å²) in [5.41, 5.74) is 18.4. The molecule has 4 nitrogen and oxygen atoms in total. The molecular weight excluding hydrogens is 705 g/mol. The Hall–Kier alpha value is -7.66. The lowest BCUT2D eigenvalue weighted by Gasteiger charge is -2.15. The van der Waals surface area contributed by atoms with Gasteiger partial charge in [-0.1, -0.05) is 96.1 Å². The lowest BCUT2D eigenvalue weighted by atomic mass is 9.95. The van der Waals surface area contributed by atoms with Gasteiger partial charge < -0.3 is 9.13 Å². The second kappa shape index (κ2) is 13.5. The van der Waals surface area contributed by atoms with Crippen LogP contribution in [-0.4, -0.2) is 9.13 Å². The summed E-state index contributed by atoms with van der Waals surface area (Å²) in [4.78, 5) is 0. The van der Waals surface area contributed by atoms with Crippen molar-refractivity contribution >= 4 is 43.6 Å². The Morgan fingerprint density at radius 3 is 1.19 bits per heavy atom. The second-order valence-electron chi connectivity index (χ2n) is 15.5. The van der Waals surface area contributed by atoms with E-state index in [2.05, 4.69) is 182 Å². The summed E-state index contributed by atoms with van der Waals surface area (Å²) in [5, 5.41) is 25.7. The molecule has 2 heterocycles. The van der Waals surface area contributed by atoms with Gasteiger partial charge in [0.2, 0.25) is 0 Å². The van der Waals surface area contributed by atoms with E-state index in [1.54, 1.807) is 0 Å². The molecule has 0 fully saturated rings. The summed E-state index contributed by atoms with van der Waals surface area (Å²) in [6, 6.07) is 60.5. The molecule has 10 rings (SSSR count). The lowest BCUT2D eigenvalue weighted by Crippen LogP contribution is -1.99. The van der Waals surface area contributed by atoms with Crippen molar-refractivity contribution in [3.8, 4) is 56.9 Å². The summed E-state index contributed by atoms with van der Waals surface area (Å²) >= 11 is 0. The third-order valence-electron chi connectivity index (χ3n) is 11.8. The average molecular weight is 743 g/mol. The SMILES string of the molecule is Cc1ccc(-c2ccc3c(c2)c2ccccc2n3-c2ccc(C#N)c(-c3cc(-n4c5ccccc5c5cc(-c6ccc(C)cc6C)ccc54)ccc3C#N)c2)c(C)c1. The maximum Gasteiger partial charge on any atom is 0.0998 e. The predicted octanol–water partition coefficient (Wildman–Crippen LogP) is 13.9. The topological polar surface area (TPSA) is 57.4 Å². The Kier molecular flexibility index (Phi) is 8.11. The molecule has 0 aliphatic heterocycles. The number of aryl methyl sites for hydroxylation is 4. The van der Waals surface area contributed by atoms with Crippen molar-refractivity contribution < 1.29 is 0 Å². The fraction of sp³-hybridized carbons (Fsp3) is 0.0741. The minimum Gasteiger partial charge on any atom is -0.309 e. The van der Waals surface area contributed by atoms with Crippen LogP contribution in [0.1, 0.15) is 33.4 Å². The molecule has 4 heteroatoms. The highest BCUT2D eigenvalue weighted by molar-refractivity contribution is 6.12. The summed E-state index contributed by atoms with van der Waals surface area (Å²) in [6.45, 7) is 8.59.